The molecule has 3 rings (SSSR count). The minimum absolute atomic E-state index is 0.0554. The molecule has 1 aromatic carbocycles. The van der Waals surface area contributed by atoms with Crippen molar-refractivity contribution in [1.82, 2.24) is 19.6 Å². The molecule has 0 saturated carbocycles. The molecule has 28 heavy (non-hydrogen) atoms. The van der Waals surface area contributed by atoms with E-state index in [1.54, 1.807) is 6.20 Å². The number of benzene rings is 1. The van der Waals surface area contributed by atoms with Gasteiger partial charge in [0.1, 0.15) is 0 Å². The molecule has 1 fully saturated rings. The van der Waals surface area contributed by atoms with Gasteiger partial charge in [0.25, 0.3) is 11.6 Å². The normalized spacial score (nSPS) is 16.0. The van der Waals surface area contributed by atoms with E-state index in [1.165, 1.54) is 44.8 Å². The molecular formula is C17H18F3N5O3. The fourth-order valence-corrected chi connectivity index (χ4v) is 3.06. The first kappa shape index (κ1) is 19.8. The quantitative estimate of drug-likeness (QED) is 0.585. The van der Waals surface area contributed by atoms with Crippen molar-refractivity contribution in [2.75, 3.05) is 32.7 Å². The molecule has 0 aliphatic carbocycles. The van der Waals surface area contributed by atoms with Crippen LogP contribution in [0.2, 0.25) is 0 Å². The molecule has 1 aromatic heterocycles. The molecule has 8 nitrogen and oxygen atoms in total. The van der Waals surface area contributed by atoms with Crippen LogP contribution in [0.4, 0.5) is 18.9 Å². The number of nitro groups is 1. The van der Waals surface area contributed by atoms with Gasteiger partial charge in [-0.05, 0) is 24.6 Å². The summed E-state index contributed by atoms with van der Waals surface area (Å²) in [6.07, 6.45) is -2.25. The highest BCUT2D eigenvalue weighted by Crippen LogP contribution is 2.19. The first-order valence-electron chi connectivity index (χ1n) is 8.62. The van der Waals surface area contributed by atoms with E-state index in [4.69, 9.17) is 0 Å². The number of carbonyl (C=O) groups excluding carboxylic acids is 1. The average molecular weight is 397 g/mol. The van der Waals surface area contributed by atoms with E-state index < -0.39 is 17.6 Å². The Kier molecular flexibility index (Phi) is 5.63. The van der Waals surface area contributed by atoms with Crippen LogP contribution < -0.4 is 0 Å². The Hall–Kier alpha value is -2.95. The number of rotatable bonds is 4. The maximum absolute atomic E-state index is 12.7. The summed E-state index contributed by atoms with van der Waals surface area (Å²) in [5.74, 6) is -0.352. The number of halogens is 3. The van der Waals surface area contributed by atoms with Gasteiger partial charge in [-0.1, -0.05) is 0 Å². The first-order valence-corrected chi connectivity index (χ1v) is 8.62. The molecule has 11 heteroatoms. The number of nitro benzene ring substituents is 1. The van der Waals surface area contributed by atoms with Crippen LogP contribution in [0.3, 0.4) is 0 Å². The molecule has 1 aliphatic heterocycles. The predicted molar refractivity (Wildman–Crippen MR) is 93.2 cm³/mol. The fraction of sp³-hybridized carbons (Fsp3) is 0.412. The molecule has 0 atom stereocenters. The number of hydrogen-bond acceptors (Lipinski definition) is 5. The average Bonchev–Trinajstić information content (AvgIpc) is 3.02. The zero-order chi connectivity index (χ0) is 20.3. The van der Waals surface area contributed by atoms with Gasteiger partial charge in [-0.3, -0.25) is 19.8 Å². The first-order chi connectivity index (χ1) is 13.2. The fourth-order valence-electron chi connectivity index (χ4n) is 3.06. The highest BCUT2D eigenvalue weighted by Gasteiger charge is 2.32. The second-order valence-electron chi connectivity index (χ2n) is 6.46. The van der Waals surface area contributed by atoms with Gasteiger partial charge >= 0.3 is 6.18 Å². The van der Waals surface area contributed by atoms with E-state index in [-0.39, 0.29) is 36.9 Å². The molecule has 0 unspecified atom stereocenters. The van der Waals surface area contributed by atoms with E-state index >= 15 is 0 Å². The molecule has 0 N–H and O–H groups in total. The number of nitrogens with zero attached hydrogens (tertiary/aromatic N) is 5. The van der Waals surface area contributed by atoms with Gasteiger partial charge in [-0.15, -0.1) is 0 Å². The van der Waals surface area contributed by atoms with E-state index in [9.17, 15) is 28.1 Å². The lowest BCUT2D eigenvalue weighted by Gasteiger charge is -2.22. The van der Waals surface area contributed by atoms with Crippen molar-refractivity contribution < 1.29 is 22.9 Å². The lowest BCUT2D eigenvalue weighted by atomic mass is 10.3. The standard InChI is InChI=1S/C17H18F3N5O3/c18-17(19,20)12-22-7-1-8-23(11-10-22)16(26)15-6-9-24(21-15)13-2-4-14(5-3-13)25(27)28/h2-6,9H,1,7-8,10-12H2. The molecule has 150 valence electrons. The summed E-state index contributed by atoms with van der Waals surface area (Å²) >= 11 is 0. The molecule has 0 radical (unpaired) electrons. The summed E-state index contributed by atoms with van der Waals surface area (Å²) in [6.45, 7) is -0.00444. The van der Waals surface area contributed by atoms with E-state index in [0.29, 0.717) is 18.7 Å². The second kappa shape index (κ2) is 7.97. The molecule has 1 amide bonds. The largest absolute Gasteiger partial charge is 0.401 e. The van der Waals surface area contributed by atoms with Crippen molar-refractivity contribution in [1.29, 1.82) is 0 Å². The lowest BCUT2D eigenvalue weighted by Crippen LogP contribution is -2.38. The Labute approximate surface area is 158 Å². The van der Waals surface area contributed by atoms with E-state index in [2.05, 4.69) is 5.10 Å². The van der Waals surface area contributed by atoms with Crippen molar-refractivity contribution >= 4 is 11.6 Å². The molecule has 2 heterocycles. The van der Waals surface area contributed by atoms with Gasteiger partial charge in [-0.2, -0.15) is 18.3 Å². The van der Waals surface area contributed by atoms with Crippen LogP contribution in [0.5, 0.6) is 0 Å². The number of aromatic nitrogens is 2. The molecular weight excluding hydrogens is 379 g/mol. The van der Waals surface area contributed by atoms with Crippen molar-refractivity contribution in [3.05, 3.63) is 52.3 Å². The van der Waals surface area contributed by atoms with E-state index in [1.807, 2.05) is 0 Å². The third-order valence-corrected chi connectivity index (χ3v) is 4.41. The monoisotopic (exact) mass is 397 g/mol. The number of hydrogen-bond donors (Lipinski definition) is 0. The molecule has 1 aliphatic rings. The van der Waals surface area contributed by atoms with Crippen molar-refractivity contribution in [3.8, 4) is 5.69 Å². The van der Waals surface area contributed by atoms with Gasteiger partial charge in [-0.25, -0.2) is 4.68 Å². The van der Waals surface area contributed by atoms with Crippen molar-refractivity contribution in [2.45, 2.75) is 12.6 Å². The molecule has 1 saturated heterocycles. The Morgan fingerprint density at radius 1 is 1.11 bits per heavy atom. The summed E-state index contributed by atoms with van der Waals surface area (Å²) < 4.78 is 39.1. The van der Waals surface area contributed by atoms with Crippen LogP contribution >= 0.6 is 0 Å². The second-order valence-corrected chi connectivity index (χ2v) is 6.46. The van der Waals surface area contributed by atoms with E-state index in [0.717, 1.165) is 0 Å². The summed E-state index contributed by atoms with van der Waals surface area (Å²) in [6, 6.07) is 7.22. The van der Waals surface area contributed by atoms with Crippen molar-refractivity contribution in [3.63, 3.8) is 0 Å². The smallest absolute Gasteiger partial charge is 0.336 e. The minimum atomic E-state index is -4.26. The maximum atomic E-state index is 12.7. The highest BCUT2D eigenvalue weighted by molar-refractivity contribution is 5.92. The molecule has 0 bridgehead atoms. The van der Waals surface area contributed by atoms with Crippen LogP contribution in [0.15, 0.2) is 36.5 Å². The third-order valence-electron chi connectivity index (χ3n) is 4.41. The van der Waals surface area contributed by atoms with Crippen molar-refractivity contribution in [2.24, 2.45) is 0 Å². The molecule has 0 spiro atoms. The lowest BCUT2D eigenvalue weighted by molar-refractivity contribution is -0.384. The van der Waals surface area contributed by atoms with Crippen LogP contribution in [-0.2, 0) is 0 Å². The summed E-state index contributed by atoms with van der Waals surface area (Å²) in [4.78, 5) is 25.6. The van der Waals surface area contributed by atoms with Crippen LogP contribution in [0.1, 0.15) is 16.9 Å². The summed E-state index contributed by atoms with van der Waals surface area (Å²) in [7, 11) is 0. The zero-order valence-corrected chi connectivity index (χ0v) is 14.8. The van der Waals surface area contributed by atoms with Gasteiger partial charge < -0.3 is 4.90 Å². The van der Waals surface area contributed by atoms with Gasteiger partial charge in [0.15, 0.2) is 5.69 Å². The maximum Gasteiger partial charge on any atom is 0.401 e. The van der Waals surface area contributed by atoms with Gasteiger partial charge in [0.05, 0.1) is 17.2 Å². The zero-order valence-electron chi connectivity index (χ0n) is 14.8. The van der Waals surface area contributed by atoms with Gasteiger partial charge in [0.2, 0.25) is 0 Å². The third kappa shape index (κ3) is 4.85. The number of amides is 1. The molecule has 2 aromatic rings. The Bertz CT molecular complexity index is 850. The number of carbonyl (C=O) groups is 1. The Balaban J connectivity index is 1.66. The number of non-ortho nitro benzene ring substituents is 1. The number of alkyl halides is 3. The van der Waals surface area contributed by atoms with Crippen LogP contribution in [0, 0.1) is 10.1 Å². The SMILES string of the molecule is O=C(c1ccn(-c2ccc([N+](=O)[O-])cc2)n1)N1CCCN(CC(F)(F)F)CC1. The topological polar surface area (TPSA) is 84.5 Å². The summed E-state index contributed by atoms with van der Waals surface area (Å²) in [5.41, 5.74) is 0.666. The van der Waals surface area contributed by atoms with Crippen LogP contribution in [-0.4, -0.2) is 69.3 Å². The van der Waals surface area contributed by atoms with Gasteiger partial charge in [0, 0.05) is 44.5 Å². The minimum Gasteiger partial charge on any atom is -0.336 e. The van der Waals surface area contributed by atoms with Crippen LogP contribution in [0.25, 0.3) is 5.69 Å². The predicted octanol–water partition coefficient (Wildman–Crippen LogP) is 2.49. The highest BCUT2D eigenvalue weighted by atomic mass is 19.4. The Morgan fingerprint density at radius 3 is 2.46 bits per heavy atom. The Morgan fingerprint density at radius 2 is 1.82 bits per heavy atom. The summed E-state index contributed by atoms with van der Waals surface area (Å²) in [5, 5.41) is 14.9.